The third kappa shape index (κ3) is 3.55. The summed E-state index contributed by atoms with van der Waals surface area (Å²) < 4.78 is 5.40. The van der Waals surface area contributed by atoms with Crippen LogP contribution in [0.15, 0.2) is 28.8 Å². The van der Waals surface area contributed by atoms with E-state index >= 15 is 0 Å². The molecule has 1 heterocycles. The molecule has 23 heavy (non-hydrogen) atoms. The third-order valence-electron chi connectivity index (χ3n) is 4.25. The van der Waals surface area contributed by atoms with Crippen LogP contribution in [0.2, 0.25) is 5.02 Å². The molecule has 3 rings (SSSR count). The molecule has 0 spiro atoms. The minimum Gasteiger partial charge on any atom is -0.344 e. The molecule has 0 saturated heterocycles. The fourth-order valence-electron chi connectivity index (χ4n) is 2.53. The summed E-state index contributed by atoms with van der Waals surface area (Å²) in [7, 11) is 0. The number of benzene rings is 1. The van der Waals surface area contributed by atoms with E-state index in [0.29, 0.717) is 16.7 Å². The number of amides is 1. The van der Waals surface area contributed by atoms with E-state index in [9.17, 15) is 4.79 Å². The minimum atomic E-state index is -0.267. The van der Waals surface area contributed by atoms with Crippen LogP contribution < -0.4 is 5.32 Å². The van der Waals surface area contributed by atoms with Crippen molar-refractivity contribution in [1.29, 1.82) is 0 Å². The van der Waals surface area contributed by atoms with Gasteiger partial charge in [-0.2, -0.15) is 4.98 Å². The molecular formula is C17H20ClN3O2. The number of hydrogen-bond acceptors (Lipinski definition) is 4. The average molecular weight is 334 g/mol. The van der Waals surface area contributed by atoms with Gasteiger partial charge in [0.05, 0.1) is 0 Å². The van der Waals surface area contributed by atoms with E-state index in [1.54, 1.807) is 12.1 Å². The zero-order chi connectivity index (χ0) is 16.4. The molecular weight excluding hydrogens is 314 g/mol. The molecule has 1 saturated carbocycles. The van der Waals surface area contributed by atoms with Gasteiger partial charge in [-0.15, -0.1) is 0 Å². The molecule has 0 aliphatic heterocycles. The van der Waals surface area contributed by atoms with Gasteiger partial charge in [-0.1, -0.05) is 37.0 Å². The molecule has 0 unspecified atom stereocenters. The number of halogens is 1. The maximum Gasteiger partial charge on any atom is 0.249 e. The topological polar surface area (TPSA) is 68.0 Å². The minimum absolute atomic E-state index is 0.0844. The van der Waals surface area contributed by atoms with E-state index in [0.717, 1.165) is 24.8 Å². The number of nitrogens with one attached hydrogen (secondary N) is 1. The summed E-state index contributed by atoms with van der Waals surface area (Å²) >= 11 is 5.89. The summed E-state index contributed by atoms with van der Waals surface area (Å²) in [5.74, 6) is 1.33. The first kappa shape index (κ1) is 16.0. The molecule has 2 aromatic rings. The third-order valence-corrected chi connectivity index (χ3v) is 4.50. The monoisotopic (exact) mass is 333 g/mol. The van der Waals surface area contributed by atoms with E-state index in [-0.39, 0.29) is 23.8 Å². The van der Waals surface area contributed by atoms with Crippen molar-refractivity contribution in [3.63, 3.8) is 0 Å². The zero-order valence-corrected chi connectivity index (χ0v) is 14.0. The lowest BCUT2D eigenvalue weighted by molar-refractivity contribution is -0.128. The lowest BCUT2D eigenvalue weighted by Crippen LogP contribution is -2.38. The van der Waals surface area contributed by atoms with Crippen molar-refractivity contribution in [2.24, 2.45) is 11.8 Å². The zero-order valence-electron chi connectivity index (χ0n) is 13.3. The smallest absolute Gasteiger partial charge is 0.249 e. The first-order valence-corrected chi connectivity index (χ1v) is 8.32. The van der Waals surface area contributed by atoms with Crippen LogP contribution >= 0.6 is 11.6 Å². The van der Waals surface area contributed by atoms with Crippen molar-refractivity contribution < 1.29 is 9.32 Å². The Balaban J connectivity index is 1.77. The van der Waals surface area contributed by atoms with Crippen LogP contribution in [0.25, 0.3) is 11.4 Å². The van der Waals surface area contributed by atoms with Crippen molar-refractivity contribution in [3.8, 4) is 11.4 Å². The molecule has 1 aromatic heterocycles. The van der Waals surface area contributed by atoms with Crippen molar-refractivity contribution >= 4 is 17.5 Å². The van der Waals surface area contributed by atoms with Crippen LogP contribution in [0.1, 0.15) is 45.0 Å². The van der Waals surface area contributed by atoms with Gasteiger partial charge in [0.15, 0.2) is 0 Å². The second-order valence-corrected chi connectivity index (χ2v) is 6.76. The highest BCUT2D eigenvalue weighted by atomic mass is 35.5. The van der Waals surface area contributed by atoms with Gasteiger partial charge in [-0.05, 0) is 43.0 Å². The molecule has 0 bridgehead atoms. The lowest BCUT2D eigenvalue weighted by Gasteiger charge is -2.27. The van der Waals surface area contributed by atoms with Crippen LogP contribution in [-0.2, 0) is 4.79 Å². The van der Waals surface area contributed by atoms with Crippen LogP contribution in [0.4, 0.5) is 0 Å². The normalized spacial score (nSPS) is 16.2. The predicted molar refractivity (Wildman–Crippen MR) is 87.8 cm³/mol. The summed E-state index contributed by atoms with van der Waals surface area (Å²) in [6.07, 6.45) is 3.07. The Morgan fingerprint density at radius 1 is 1.30 bits per heavy atom. The van der Waals surface area contributed by atoms with E-state index < -0.39 is 0 Å². The largest absolute Gasteiger partial charge is 0.344 e. The fraction of sp³-hybridized carbons (Fsp3) is 0.471. The van der Waals surface area contributed by atoms with Gasteiger partial charge >= 0.3 is 0 Å². The maximum absolute atomic E-state index is 12.2. The van der Waals surface area contributed by atoms with Crippen molar-refractivity contribution in [2.75, 3.05) is 0 Å². The molecule has 6 heteroatoms. The molecule has 1 aromatic carbocycles. The Morgan fingerprint density at radius 3 is 2.57 bits per heavy atom. The second-order valence-electron chi connectivity index (χ2n) is 6.32. The quantitative estimate of drug-likeness (QED) is 0.897. The van der Waals surface area contributed by atoms with Gasteiger partial charge in [-0.3, -0.25) is 4.79 Å². The maximum atomic E-state index is 12.2. The van der Waals surface area contributed by atoms with Crippen molar-refractivity contribution in [3.05, 3.63) is 35.2 Å². The van der Waals surface area contributed by atoms with Crippen LogP contribution in [0.3, 0.4) is 0 Å². The van der Waals surface area contributed by atoms with Crippen LogP contribution in [0.5, 0.6) is 0 Å². The number of carbonyl (C=O) groups excluding carboxylic acids is 1. The van der Waals surface area contributed by atoms with E-state index in [1.807, 2.05) is 26.0 Å². The summed E-state index contributed by atoms with van der Waals surface area (Å²) in [6, 6.07) is 6.98. The number of hydrogen-bond donors (Lipinski definition) is 1. The first-order valence-electron chi connectivity index (χ1n) is 7.94. The Labute approximate surface area is 140 Å². The Hall–Kier alpha value is -1.88. The molecule has 0 radical (unpaired) electrons. The van der Waals surface area contributed by atoms with Crippen LogP contribution in [-0.4, -0.2) is 16.0 Å². The molecule has 1 fully saturated rings. The summed E-state index contributed by atoms with van der Waals surface area (Å²) in [6.45, 7) is 4.05. The number of aromatic nitrogens is 2. The van der Waals surface area contributed by atoms with Crippen LogP contribution in [0, 0.1) is 11.8 Å². The lowest BCUT2D eigenvalue weighted by atomic mass is 9.84. The highest BCUT2D eigenvalue weighted by molar-refractivity contribution is 6.30. The molecule has 1 atom stereocenters. The molecule has 1 aliphatic rings. The van der Waals surface area contributed by atoms with Gasteiger partial charge in [0.25, 0.3) is 0 Å². The van der Waals surface area contributed by atoms with Gasteiger partial charge in [0, 0.05) is 16.5 Å². The first-order chi connectivity index (χ1) is 11.0. The summed E-state index contributed by atoms with van der Waals surface area (Å²) in [4.78, 5) is 16.7. The van der Waals surface area contributed by atoms with Crippen molar-refractivity contribution in [2.45, 2.75) is 39.2 Å². The number of nitrogens with zero attached hydrogens (tertiary/aromatic N) is 2. The van der Waals surface area contributed by atoms with Gasteiger partial charge in [-0.25, -0.2) is 0 Å². The fourth-order valence-corrected chi connectivity index (χ4v) is 2.66. The highest BCUT2D eigenvalue weighted by Crippen LogP contribution is 2.29. The molecule has 1 amide bonds. The molecule has 122 valence electrons. The average Bonchev–Trinajstić information content (AvgIpc) is 2.92. The standard InChI is InChI=1S/C17H20ClN3O2/c1-10(2)14(19-16(22)12-4-3-5-12)17-20-15(21-23-17)11-6-8-13(18)9-7-11/h6-10,12,14H,3-5H2,1-2H3,(H,19,22)/t14-/m1/s1. The SMILES string of the molecule is CC(C)[C@@H](NC(=O)C1CCC1)c1nc(-c2ccc(Cl)cc2)no1. The predicted octanol–water partition coefficient (Wildman–Crippen LogP) is 4.00. The summed E-state index contributed by atoms with van der Waals surface area (Å²) in [5, 5.41) is 7.74. The Kier molecular flexibility index (Phi) is 4.66. The number of carbonyl (C=O) groups is 1. The van der Waals surface area contributed by atoms with E-state index in [4.69, 9.17) is 16.1 Å². The Bertz CT molecular complexity index is 677. The molecule has 1 aliphatic carbocycles. The highest BCUT2D eigenvalue weighted by Gasteiger charge is 2.30. The summed E-state index contributed by atoms with van der Waals surface area (Å²) in [5.41, 5.74) is 0.831. The van der Waals surface area contributed by atoms with E-state index in [1.165, 1.54) is 0 Å². The van der Waals surface area contributed by atoms with Gasteiger partial charge in [0.2, 0.25) is 17.6 Å². The van der Waals surface area contributed by atoms with Gasteiger partial charge < -0.3 is 9.84 Å². The second kappa shape index (κ2) is 6.71. The molecule has 1 N–H and O–H groups in total. The number of rotatable bonds is 5. The van der Waals surface area contributed by atoms with Gasteiger partial charge in [0.1, 0.15) is 6.04 Å². The molecule has 5 nitrogen and oxygen atoms in total. The van der Waals surface area contributed by atoms with Crippen molar-refractivity contribution in [1.82, 2.24) is 15.5 Å². The Morgan fingerprint density at radius 2 is 2.00 bits per heavy atom. The van der Waals surface area contributed by atoms with E-state index in [2.05, 4.69) is 15.5 Å².